The van der Waals surface area contributed by atoms with E-state index < -0.39 is 0 Å². The molecular weight excluding hydrogens is 212 g/mol. The van der Waals surface area contributed by atoms with E-state index in [0.29, 0.717) is 12.2 Å². The topological polar surface area (TPSA) is 26.3 Å². The third kappa shape index (κ3) is 1.72. The van der Waals surface area contributed by atoms with Gasteiger partial charge in [0.15, 0.2) is 0 Å². The molecule has 0 aromatic heterocycles. The number of carbonyl (C=O) groups excluding carboxylic acids is 1. The average molecular weight is 224 g/mol. The normalized spacial score (nSPS) is 17.3. The molecule has 1 heterocycles. The van der Waals surface area contributed by atoms with Gasteiger partial charge in [-0.15, -0.1) is 0 Å². The Labute approximate surface area is 99.9 Å². The van der Waals surface area contributed by atoms with Crippen molar-refractivity contribution in [1.29, 1.82) is 0 Å². The lowest BCUT2D eigenvalue weighted by Gasteiger charge is -2.08. The van der Waals surface area contributed by atoms with Crippen molar-refractivity contribution in [3.05, 3.63) is 65.2 Å². The summed E-state index contributed by atoms with van der Waals surface area (Å²) in [4.78, 5) is 10.8. The number of rotatable bonds is 2. The molecule has 0 radical (unpaired) electrons. The smallest absolute Gasteiger partial charge is 0.150 e. The minimum atomic E-state index is 0.242. The first-order valence-corrected chi connectivity index (χ1v) is 5.65. The summed E-state index contributed by atoms with van der Waals surface area (Å²) in [6.45, 7) is 0.654. The lowest BCUT2D eigenvalue weighted by Crippen LogP contribution is -2.02. The molecule has 0 fully saturated rings. The quantitative estimate of drug-likeness (QED) is 0.733. The van der Waals surface area contributed by atoms with E-state index in [-0.39, 0.29) is 5.92 Å². The summed E-state index contributed by atoms with van der Waals surface area (Å²) in [5.41, 5.74) is 3.05. The van der Waals surface area contributed by atoms with Crippen LogP contribution in [-0.2, 0) is 0 Å². The summed E-state index contributed by atoms with van der Waals surface area (Å²) in [5, 5.41) is 0. The van der Waals surface area contributed by atoms with E-state index in [1.54, 1.807) is 6.07 Å². The number of aldehydes is 1. The number of fused-ring (bicyclic) bond motifs is 1. The van der Waals surface area contributed by atoms with E-state index in [1.165, 1.54) is 5.56 Å². The Bertz CT molecular complexity index is 546. The highest BCUT2D eigenvalue weighted by Gasteiger charge is 2.25. The van der Waals surface area contributed by atoms with Gasteiger partial charge in [-0.3, -0.25) is 4.79 Å². The van der Waals surface area contributed by atoms with Crippen LogP contribution >= 0.6 is 0 Å². The van der Waals surface area contributed by atoms with E-state index in [4.69, 9.17) is 4.74 Å². The van der Waals surface area contributed by atoms with E-state index >= 15 is 0 Å². The second-order valence-electron chi connectivity index (χ2n) is 4.19. The molecule has 2 aromatic rings. The molecule has 1 aliphatic rings. The third-order valence-corrected chi connectivity index (χ3v) is 3.15. The van der Waals surface area contributed by atoms with E-state index in [2.05, 4.69) is 12.1 Å². The molecule has 17 heavy (non-hydrogen) atoms. The second kappa shape index (κ2) is 4.06. The van der Waals surface area contributed by atoms with Crippen molar-refractivity contribution in [1.82, 2.24) is 0 Å². The van der Waals surface area contributed by atoms with Crippen LogP contribution in [0.1, 0.15) is 27.4 Å². The molecule has 1 aliphatic heterocycles. The van der Waals surface area contributed by atoms with Gasteiger partial charge in [-0.05, 0) is 23.8 Å². The van der Waals surface area contributed by atoms with Crippen LogP contribution in [0.15, 0.2) is 48.5 Å². The zero-order valence-electron chi connectivity index (χ0n) is 9.30. The molecule has 2 heteroatoms. The Balaban J connectivity index is 2.06. The van der Waals surface area contributed by atoms with E-state index in [0.717, 1.165) is 17.6 Å². The minimum Gasteiger partial charge on any atom is -0.492 e. The van der Waals surface area contributed by atoms with Crippen molar-refractivity contribution in [2.24, 2.45) is 0 Å². The molecule has 3 rings (SSSR count). The van der Waals surface area contributed by atoms with Gasteiger partial charge < -0.3 is 4.74 Å². The summed E-state index contributed by atoms with van der Waals surface area (Å²) in [7, 11) is 0. The number of ether oxygens (including phenoxy) is 1. The Morgan fingerprint density at radius 3 is 2.71 bits per heavy atom. The lowest BCUT2D eigenvalue weighted by atomic mass is 9.92. The molecule has 2 aromatic carbocycles. The Morgan fingerprint density at radius 1 is 1.12 bits per heavy atom. The van der Waals surface area contributed by atoms with Gasteiger partial charge in [0.1, 0.15) is 12.0 Å². The van der Waals surface area contributed by atoms with Crippen LogP contribution in [0.2, 0.25) is 0 Å². The van der Waals surface area contributed by atoms with Crippen LogP contribution in [0.4, 0.5) is 0 Å². The molecule has 1 atom stereocenters. The largest absolute Gasteiger partial charge is 0.492 e. The highest BCUT2D eigenvalue weighted by molar-refractivity contribution is 5.76. The molecule has 84 valence electrons. The molecular formula is C15H12O2. The maximum atomic E-state index is 10.8. The van der Waals surface area contributed by atoms with Crippen LogP contribution in [0.25, 0.3) is 0 Å². The second-order valence-corrected chi connectivity index (χ2v) is 4.19. The summed E-state index contributed by atoms with van der Waals surface area (Å²) in [6.07, 6.45) is 0.876. The maximum absolute atomic E-state index is 10.8. The van der Waals surface area contributed by atoms with Crippen LogP contribution < -0.4 is 4.74 Å². The van der Waals surface area contributed by atoms with Gasteiger partial charge in [0.2, 0.25) is 0 Å². The molecule has 2 nitrogen and oxygen atoms in total. The highest BCUT2D eigenvalue weighted by atomic mass is 16.5. The fourth-order valence-electron chi connectivity index (χ4n) is 2.27. The predicted molar refractivity (Wildman–Crippen MR) is 65.6 cm³/mol. The van der Waals surface area contributed by atoms with Gasteiger partial charge in [-0.25, -0.2) is 0 Å². The fourth-order valence-corrected chi connectivity index (χ4v) is 2.27. The van der Waals surface area contributed by atoms with Crippen LogP contribution in [0, 0.1) is 0 Å². The summed E-state index contributed by atoms with van der Waals surface area (Å²) in [5.74, 6) is 1.13. The van der Waals surface area contributed by atoms with Crippen LogP contribution in [-0.4, -0.2) is 12.9 Å². The summed E-state index contributed by atoms with van der Waals surface area (Å²) < 4.78 is 5.65. The van der Waals surface area contributed by atoms with E-state index in [1.807, 2.05) is 30.3 Å². The lowest BCUT2D eigenvalue weighted by molar-refractivity contribution is 0.112. The van der Waals surface area contributed by atoms with Crippen LogP contribution in [0.5, 0.6) is 5.75 Å². The Kier molecular flexibility index (Phi) is 2.41. The predicted octanol–water partition coefficient (Wildman–Crippen LogP) is 3.02. The van der Waals surface area contributed by atoms with E-state index in [9.17, 15) is 4.79 Å². The number of hydrogen-bond acceptors (Lipinski definition) is 2. The van der Waals surface area contributed by atoms with Gasteiger partial charge >= 0.3 is 0 Å². The van der Waals surface area contributed by atoms with Gasteiger partial charge in [0.25, 0.3) is 0 Å². The zero-order valence-corrected chi connectivity index (χ0v) is 9.30. The van der Waals surface area contributed by atoms with Gasteiger partial charge in [0, 0.05) is 17.0 Å². The molecule has 0 saturated carbocycles. The molecule has 0 spiro atoms. The first kappa shape index (κ1) is 10.1. The van der Waals surface area contributed by atoms with Gasteiger partial charge in [-0.2, -0.15) is 0 Å². The highest BCUT2D eigenvalue weighted by Crippen LogP contribution is 2.38. The monoisotopic (exact) mass is 224 g/mol. The number of hydrogen-bond donors (Lipinski definition) is 0. The molecule has 0 N–H and O–H groups in total. The first-order valence-electron chi connectivity index (χ1n) is 5.65. The van der Waals surface area contributed by atoms with Crippen molar-refractivity contribution in [2.75, 3.05) is 6.61 Å². The molecule has 0 bridgehead atoms. The molecule has 0 amide bonds. The summed E-state index contributed by atoms with van der Waals surface area (Å²) in [6, 6.07) is 15.8. The van der Waals surface area contributed by atoms with Gasteiger partial charge in [0.05, 0.1) is 6.61 Å². The third-order valence-electron chi connectivity index (χ3n) is 3.15. The fraction of sp³-hybridized carbons (Fsp3) is 0.133. The zero-order chi connectivity index (χ0) is 11.7. The van der Waals surface area contributed by atoms with Crippen molar-refractivity contribution in [2.45, 2.75) is 5.92 Å². The summed E-state index contributed by atoms with van der Waals surface area (Å²) >= 11 is 0. The molecule has 0 saturated heterocycles. The Hall–Kier alpha value is -2.09. The standard InChI is InChI=1S/C15H12O2/c16-9-11-6-7-15-13(8-11)14(10-17-15)12-4-2-1-3-5-12/h1-9,14H,10H2/t14-/m1/s1. The Morgan fingerprint density at radius 2 is 1.94 bits per heavy atom. The SMILES string of the molecule is O=Cc1ccc2c(c1)[C@@H](c1ccccc1)CO2. The number of carbonyl (C=O) groups is 1. The minimum absolute atomic E-state index is 0.242. The van der Waals surface area contributed by atoms with Gasteiger partial charge in [-0.1, -0.05) is 30.3 Å². The van der Waals surface area contributed by atoms with Crippen molar-refractivity contribution >= 4 is 6.29 Å². The molecule has 0 unspecified atom stereocenters. The van der Waals surface area contributed by atoms with Crippen LogP contribution in [0.3, 0.4) is 0 Å². The molecule has 0 aliphatic carbocycles. The average Bonchev–Trinajstić information content (AvgIpc) is 2.82. The maximum Gasteiger partial charge on any atom is 0.150 e. The van der Waals surface area contributed by atoms with Crippen molar-refractivity contribution in [3.8, 4) is 5.75 Å². The first-order chi connectivity index (χ1) is 8.38. The number of benzene rings is 2. The van der Waals surface area contributed by atoms with Crippen molar-refractivity contribution < 1.29 is 9.53 Å². The van der Waals surface area contributed by atoms with Crippen molar-refractivity contribution in [3.63, 3.8) is 0 Å².